The molecular weight excluding hydrogens is 227 g/mol. The lowest BCUT2D eigenvalue weighted by Crippen LogP contribution is -1.94. The van der Waals surface area contributed by atoms with E-state index in [-0.39, 0.29) is 5.82 Å². The second-order valence-corrected chi connectivity index (χ2v) is 3.31. The molecule has 0 aliphatic rings. The first kappa shape index (κ1) is 18.9. The zero-order valence-electron chi connectivity index (χ0n) is 12.3. The summed E-state index contributed by atoms with van der Waals surface area (Å²) in [4.78, 5) is 0. The zero-order valence-corrected chi connectivity index (χ0v) is 12.3. The van der Waals surface area contributed by atoms with Crippen molar-refractivity contribution < 1.29 is 9.50 Å². The van der Waals surface area contributed by atoms with Crippen molar-refractivity contribution in [2.75, 3.05) is 7.11 Å². The van der Waals surface area contributed by atoms with Gasteiger partial charge in [0.05, 0.1) is 0 Å². The molecule has 1 nitrogen and oxygen atoms in total. The number of hydrogen-bond donors (Lipinski definition) is 1. The molecule has 0 saturated carbocycles. The van der Waals surface area contributed by atoms with Gasteiger partial charge in [-0.2, -0.15) is 0 Å². The SMILES string of the molecule is C=Cc1ccc(F)c(C)c1/C(C)=C\C.CC.CO. The average molecular weight is 252 g/mol. The van der Waals surface area contributed by atoms with Crippen LogP contribution in [0.4, 0.5) is 4.39 Å². The minimum absolute atomic E-state index is 0.160. The van der Waals surface area contributed by atoms with Crippen LogP contribution in [0.2, 0.25) is 0 Å². The quantitative estimate of drug-likeness (QED) is 0.799. The second kappa shape index (κ2) is 10.7. The Bertz CT molecular complexity index is 392. The molecule has 18 heavy (non-hydrogen) atoms. The number of aliphatic hydroxyl groups excluding tert-OH is 1. The summed E-state index contributed by atoms with van der Waals surface area (Å²) in [5.41, 5.74) is 3.72. The van der Waals surface area contributed by atoms with Crippen molar-refractivity contribution in [3.63, 3.8) is 0 Å². The molecule has 0 atom stereocenters. The van der Waals surface area contributed by atoms with Gasteiger partial charge in [0.15, 0.2) is 0 Å². The van der Waals surface area contributed by atoms with Crippen LogP contribution in [0.5, 0.6) is 0 Å². The van der Waals surface area contributed by atoms with Gasteiger partial charge < -0.3 is 5.11 Å². The molecule has 0 bridgehead atoms. The molecule has 0 spiro atoms. The minimum Gasteiger partial charge on any atom is -0.400 e. The van der Waals surface area contributed by atoms with Crippen LogP contribution in [0, 0.1) is 12.7 Å². The summed E-state index contributed by atoms with van der Waals surface area (Å²) >= 11 is 0. The predicted octanol–water partition coefficient (Wildman–Crippen LogP) is 4.84. The van der Waals surface area contributed by atoms with E-state index in [1.54, 1.807) is 19.1 Å². The van der Waals surface area contributed by atoms with Gasteiger partial charge in [-0.3, -0.25) is 0 Å². The fourth-order valence-corrected chi connectivity index (χ4v) is 1.55. The molecule has 0 fully saturated rings. The highest BCUT2D eigenvalue weighted by Crippen LogP contribution is 2.25. The van der Waals surface area contributed by atoms with Crippen LogP contribution in [0.15, 0.2) is 24.8 Å². The van der Waals surface area contributed by atoms with Crippen molar-refractivity contribution in [3.05, 3.63) is 47.3 Å². The summed E-state index contributed by atoms with van der Waals surface area (Å²) in [5.74, 6) is -0.160. The van der Waals surface area contributed by atoms with Gasteiger partial charge >= 0.3 is 0 Å². The Balaban J connectivity index is 0. The molecule has 0 heterocycles. The molecule has 1 aromatic carbocycles. The van der Waals surface area contributed by atoms with Crippen molar-refractivity contribution in [1.29, 1.82) is 0 Å². The Kier molecular flexibility index (Phi) is 11.3. The fourth-order valence-electron chi connectivity index (χ4n) is 1.55. The molecule has 1 aromatic rings. The average Bonchev–Trinajstić information content (AvgIpc) is 2.45. The topological polar surface area (TPSA) is 20.2 Å². The van der Waals surface area contributed by atoms with E-state index in [2.05, 4.69) is 6.58 Å². The van der Waals surface area contributed by atoms with E-state index < -0.39 is 0 Å². The molecule has 0 saturated heterocycles. The van der Waals surface area contributed by atoms with Gasteiger partial charge in [-0.05, 0) is 49.1 Å². The number of rotatable bonds is 2. The van der Waals surface area contributed by atoms with Crippen molar-refractivity contribution >= 4 is 11.6 Å². The first-order chi connectivity index (χ1) is 8.61. The van der Waals surface area contributed by atoms with Crippen LogP contribution in [-0.4, -0.2) is 12.2 Å². The summed E-state index contributed by atoms with van der Waals surface area (Å²) in [7, 11) is 1.00. The molecule has 1 N–H and O–H groups in total. The summed E-state index contributed by atoms with van der Waals surface area (Å²) in [5, 5.41) is 7.00. The van der Waals surface area contributed by atoms with Crippen molar-refractivity contribution in [3.8, 4) is 0 Å². The fraction of sp³-hybridized carbons (Fsp3) is 0.375. The Morgan fingerprint density at radius 1 is 1.28 bits per heavy atom. The van der Waals surface area contributed by atoms with Gasteiger partial charge in [-0.15, -0.1) is 0 Å². The van der Waals surface area contributed by atoms with Gasteiger partial charge in [0.1, 0.15) is 5.82 Å². The van der Waals surface area contributed by atoms with E-state index in [4.69, 9.17) is 5.11 Å². The highest BCUT2D eigenvalue weighted by atomic mass is 19.1. The maximum absolute atomic E-state index is 13.3. The van der Waals surface area contributed by atoms with Crippen LogP contribution in [0.25, 0.3) is 11.6 Å². The summed E-state index contributed by atoms with van der Waals surface area (Å²) in [6.07, 6.45) is 3.74. The highest BCUT2D eigenvalue weighted by Gasteiger charge is 2.08. The molecule has 0 amide bonds. The third kappa shape index (κ3) is 4.84. The highest BCUT2D eigenvalue weighted by molar-refractivity contribution is 5.75. The molecule has 0 radical (unpaired) electrons. The van der Waals surface area contributed by atoms with Crippen LogP contribution < -0.4 is 0 Å². The van der Waals surface area contributed by atoms with Gasteiger partial charge in [0, 0.05) is 7.11 Å². The minimum atomic E-state index is -0.160. The third-order valence-electron chi connectivity index (χ3n) is 2.48. The molecule has 1 rings (SSSR count). The Hall–Kier alpha value is -1.41. The monoisotopic (exact) mass is 252 g/mol. The van der Waals surface area contributed by atoms with Crippen LogP contribution in [-0.2, 0) is 0 Å². The van der Waals surface area contributed by atoms with E-state index in [1.807, 2.05) is 33.8 Å². The maximum Gasteiger partial charge on any atom is 0.126 e. The molecule has 102 valence electrons. The first-order valence-electron chi connectivity index (χ1n) is 6.11. The number of benzene rings is 1. The number of allylic oxidation sites excluding steroid dienone is 2. The smallest absolute Gasteiger partial charge is 0.126 e. The lowest BCUT2D eigenvalue weighted by molar-refractivity contribution is 0.399. The van der Waals surface area contributed by atoms with E-state index in [0.717, 1.165) is 23.8 Å². The number of halogens is 1. The van der Waals surface area contributed by atoms with E-state index >= 15 is 0 Å². The van der Waals surface area contributed by atoms with Crippen molar-refractivity contribution in [2.45, 2.75) is 34.6 Å². The number of aliphatic hydroxyl groups is 1. The summed E-state index contributed by atoms with van der Waals surface area (Å²) in [6, 6.07) is 3.25. The van der Waals surface area contributed by atoms with E-state index in [9.17, 15) is 4.39 Å². The molecule has 0 aliphatic heterocycles. The lowest BCUT2D eigenvalue weighted by Gasteiger charge is -2.10. The van der Waals surface area contributed by atoms with Crippen molar-refractivity contribution in [1.82, 2.24) is 0 Å². The molecular formula is C16H25FO. The summed E-state index contributed by atoms with van der Waals surface area (Å²) in [6.45, 7) is 13.5. The lowest BCUT2D eigenvalue weighted by atomic mass is 9.95. The molecule has 2 heteroatoms. The Morgan fingerprint density at radius 3 is 2.17 bits per heavy atom. The van der Waals surface area contributed by atoms with Gasteiger partial charge in [-0.1, -0.05) is 38.6 Å². The van der Waals surface area contributed by atoms with E-state index in [1.165, 1.54) is 6.07 Å². The van der Waals surface area contributed by atoms with Gasteiger partial charge in [0.2, 0.25) is 0 Å². The molecule has 0 aromatic heterocycles. The van der Waals surface area contributed by atoms with E-state index in [0.29, 0.717) is 5.56 Å². The maximum atomic E-state index is 13.3. The normalized spacial score (nSPS) is 9.67. The van der Waals surface area contributed by atoms with Gasteiger partial charge in [0.25, 0.3) is 0 Å². The van der Waals surface area contributed by atoms with Crippen LogP contribution >= 0.6 is 0 Å². The molecule has 0 aliphatic carbocycles. The van der Waals surface area contributed by atoms with Gasteiger partial charge in [-0.25, -0.2) is 4.39 Å². The predicted molar refractivity (Wildman–Crippen MR) is 80.0 cm³/mol. The summed E-state index contributed by atoms with van der Waals surface area (Å²) < 4.78 is 13.3. The van der Waals surface area contributed by atoms with Crippen LogP contribution in [0.1, 0.15) is 44.4 Å². The zero-order chi connectivity index (χ0) is 14.7. The third-order valence-corrected chi connectivity index (χ3v) is 2.48. The Labute approximate surface area is 111 Å². The van der Waals surface area contributed by atoms with Crippen molar-refractivity contribution in [2.24, 2.45) is 0 Å². The largest absolute Gasteiger partial charge is 0.400 e. The first-order valence-corrected chi connectivity index (χ1v) is 6.11. The molecule has 0 unspecified atom stereocenters. The second-order valence-electron chi connectivity index (χ2n) is 3.31. The van der Waals surface area contributed by atoms with Crippen LogP contribution in [0.3, 0.4) is 0 Å². The number of hydrogen-bond acceptors (Lipinski definition) is 1. The Morgan fingerprint density at radius 2 is 1.78 bits per heavy atom. The standard InChI is InChI=1S/C13H15F.C2H6.CH4O/c1-5-9(3)13-10(4)12(14)8-7-11(13)6-2;2*1-2/h5-8H,2H2,1,3-4H3;1-2H3;2H,1H3/b9-5-;;.